The van der Waals surface area contributed by atoms with Crippen molar-refractivity contribution in [2.24, 2.45) is 0 Å². The maximum Gasteiger partial charge on any atom is 0.387 e. The predicted octanol–water partition coefficient (Wildman–Crippen LogP) is 4.68. The molecule has 4 nitrogen and oxygen atoms in total. The lowest BCUT2D eigenvalue weighted by atomic mass is 10.1. The molecule has 0 N–H and O–H groups in total. The van der Waals surface area contributed by atoms with E-state index in [1.54, 1.807) is 30.3 Å². The topological polar surface area (TPSA) is 44.8 Å². The Kier molecular flexibility index (Phi) is 6.31. The molecule has 0 unspecified atom stereocenters. The molecule has 0 heterocycles. The number of methoxy groups -OCH3 is 1. The zero-order chi connectivity index (χ0) is 17.5. The third-order valence-electron chi connectivity index (χ3n) is 2.88. The van der Waals surface area contributed by atoms with Gasteiger partial charge in [0.2, 0.25) is 0 Å². The first kappa shape index (κ1) is 17.9. The summed E-state index contributed by atoms with van der Waals surface area (Å²) in [6.45, 7) is -3.01. The summed E-state index contributed by atoms with van der Waals surface area (Å²) in [5.41, 5.74) is 0.263. The van der Waals surface area contributed by atoms with E-state index in [9.17, 15) is 13.6 Å². The van der Waals surface area contributed by atoms with Crippen LogP contribution in [-0.2, 0) is 4.79 Å². The van der Waals surface area contributed by atoms with Crippen LogP contribution in [0.25, 0.3) is 6.08 Å². The second-order valence-electron chi connectivity index (χ2n) is 4.44. The number of benzene rings is 2. The SMILES string of the molecule is COc1cccc(/C=C/C(=O)Oc2ccccc2Br)c1OC(F)F. The summed E-state index contributed by atoms with van der Waals surface area (Å²) >= 11 is 3.26. The summed E-state index contributed by atoms with van der Waals surface area (Å²) in [5.74, 6) is -0.328. The first-order chi connectivity index (χ1) is 11.5. The minimum atomic E-state index is -3.01. The molecule has 7 heteroatoms. The molecule has 0 spiro atoms. The molecule has 0 bridgehead atoms. The maximum atomic E-state index is 12.5. The van der Waals surface area contributed by atoms with E-state index in [1.807, 2.05) is 0 Å². The van der Waals surface area contributed by atoms with Gasteiger partial charge >= 0.3 is 12.6 Å². The summed E-state index contributed by atoms with van der Waals surface area (Å²) in [6, 6.07) is 11.4. The molecule has 0 saturated heterocycles. The van der Waals surface area contributed by atoms with Gasteiger partial charge in [0, 0.05) is 11.6 Å². The van der Waals surface area contributed by atoms with Crippen molar-refractivity contribution in [2.45, 2.75) is 6.61 Å². The molecule has 126 valence electrons. The fourth-order valence-corrected chi connectivity index (χ4v) is 2.23. The van der Waals surface area contributed by atoms with Crippen LogP contribution in [0.5, 0.6) is 17.2 Å². The van der Waals surface area contributed by atoms with E-state index in [0.717, 1.165) is 6.08 Å². The van der Waals surface area contributed by atoms with Gasteiger partial charge in [-0.3, -0.25) is 0 Å². The maximum absolute atomic E-state index is 12.5. The Morgan fingerprint density at radius 3 is 2.50 bits per heavy atom. The number of para-hydroxylation sites is 2. The molecule has 0 fully saturated rings. The standard InChI is InChI=1S/C17H13BrF2O4/c1-22-14-8-4-5-11(16(14)24-17(19)20)9-10-15(21)23-13-7-3-2-6-12(13)18/h2-10,17H,1H3/b10-9+. The number of hydrogen-bond donors (Lipinski definition) is 0. The van der Waals surface area contributed by atoms with Crippen molar-refractivity contribution >= 4 is 28.0 Å². The van der Waals surface area contributed by atoms with E-state index in [-0.39, 0.29) is 17.1 Å². The second kappa shape index (κ2) is 8.44. The zero-order valence-electron chi connectivity index (χ0n) is 12.5. The number of halogens is 3. The number of rotatable bonds is 6. The normalized spacial score (nSPS) is 10.9. The molecule has 0 aliphatic heterocycles. The Balaban J connectivity index is 2.19. The number of carbonyl (C=O) groups excluding carboxylic acids is 1. The Bertz CT molecular complexity index is 747. The summed E-state index contributed by atoms with van der Waals surface area (Å²) in [6.07, 6.45) is 2.44. The Morgan fingerprint density at radius 2 is 1.83 bits per heavy atom. The second-order valence-corrected chi connectivity index (χ2v) is 5.30. The Labute approximate surface area is 145 Å². The molecule has 24 heavy (non-hydrogen) atoms. The van der Waals surface area contributed by atoms with Crippen LogP contribution in [0, 0.1) is 0 Å². The zero-order valence-corrected chi connectivity index (χ0v) is 14.1. The summed E-state index contributed by atoms with van der Waals surface area (Å²) in [5, 5.41) is 0. The number of alkyl halides is 2. The van der Waals surface area contributed by atoms with Crippen molar-refractivity contribution < 1.29 is 27.8 Å². The largest absolute Gasteiger partial charge is 0.493 e. The van der Waals surface area contributed by atoms with Gasteiger partial charge in [-0.05, 0) is 40.2 Å². The van der Waals surface area contributed by atoms with E-state index in [4.69, 9.17) is 9.47 Å². The molecule has 0 radical (unpaired) electrons. The minimum Gasteiger partial charge on any atom is -0.493 e. The van der Waals surface area contributed by atoms with Gasteiger partial charge in [-0.15, -0.1) is 0 Å². The van der Waals surface area contributed by atoms with Crippen molar-refractivity contribution in [3.8, 4) is 17.2 Å². The van der Waals surface area contributed by atoms with Crippen molar-refractivity contribution in [2.75, 3.05) is 7.11 Å². The van der Waals surface area contributed by atoms with Gasteiger partial charge in [-0.25, -0.2) is 4.79 Å². The van der Waals surface area contributed by atoms with Crippen molar-refractivity contribution in [3.05, 3.63) is 58.6 Å². The van der Waals surface area contributed by atoms with E-state index in [0.29, 0.717) is 10.2 Å². The molecule has 0 saturated carbocycles. The Morgan fingerprint density at radius 1 is 1.12 bits per heavy atom. The summed E-state index contributed by atoms with van der Waals surface area (Å²) < 4.78 is 40.3. The highest BCUT2D eigenvalue weighted by atomic mass is 79.9. The van der Waals surface area contributed by atoms with Gasteiger partial charge in [-0.1, -0.05) is 24.3 Å². The van der Waals surface area contributed by atoms with E-state index < -0.39 is 12.6 Å². The van der Waals surface area contributed by atoms with Gasteiger partial charge in [-0.2, -0.15) is 8.78 Å². The summed E-state index contributed by atoms with van der Waals surface area (Å²) in [7, 11) is 1.34. The lowest BCUT2D eigenvalue weighted by Gasteiger charge is -2.12. The lowest BCUT2D eigenvalue weighted by Crippen LogP contribution is -2.06. The number of ether oxygens (including phenoxy) is 3. The van der Waals surface area contributed by atoms with Crippen LogP contribution in [0.4, 0.5) is 8.78 Å². The molecule has 2 rings (SSSR count). The van der Waals surface area contributed by atoms with Gasteiger partial charge in [0.15, 0.2) is 11.5 Å². The number of hydrogen-bond acceptors (Lipinski definition) is 4. The molecule has 0 atom stereocenters. The molecule has 0 aromatic heterocycles. The van der Waals surface area contributed by atoms with Crippen molar-refractivity contribution in [3.63, 3.8) is 0 Å². The fraction of sp³-hybridized carbons (Fsp3) is 0.118. The Hall–Kier alpha value is -2.41. The van der Waals surface area contributed by atoms with Crippen LogP contribution in [0.15, 0.2) is 53.0 Å². The van der Waals surface area contributed by atoms with Crippen LogP contribution in [0.3, 0.4) is 0 Å². The fourth-order valence-electron chi connectivity index (χ4n) is 1.87. The third-order valence-corrected chi connectivity index (χ3v) is 3.54. The first-order valence-corrected chi connectivity index (χ1v) is 7.57. The predicted molar refractivity (Wildman–Crippen MR) is 88.4 cm³/mol. The molecular formula is C17H13BrF2O4. The van der Waals surface area contributed by atoms with Gasteiger partial charge in [0.1, 0.15) is 5.75 Å². The molecule has 0 amide bonds. The van der Waals surface area contributed by atoms with Crippen LogP contribution in [-0.4, -0.2) is 19.7 Å². The molecule has 0 aliphatic carbocycles. The minimum absolute atomic E-state index is 0.136. The third kappa shape index (κ3) is 4.79. The quantitative estimate of drug-likeness (QED) is 0.402. The average Bonchev–Trinajstić information content (AvgIpc) is 2.55. The van der Waals surface area contributed by atoms with E-state index >= 15 is 0 Å². The highest BCUT2D eigenvalue weighted by Crippen LogP contribution is 2.33. The van der Waals surface area contributed by atoms with Crippen LogP contribution < -0.4 is 14.2 Å². The lowest BCUT2D eigenvalue weighted by molar-refractivity contribution is -0.128. The van der Waals surface area contributed by atoms with Crippen LogP contribution in [0.1, 0.15) is 5.56 Å². The van der Waals surface area contributed by atoms with Crippen molar-refractivity contribution in [1.82, 2.24) is 0 Å². The first-order valence-electron chi connectivity index (χ1n) is 6.77. The molecule has 2 aromatic carbocycles. The van der Waals surface area contributed by atoms with E-state index in [1.165, 1.54) is 25.3 Å². The molecular weight excluding hydrogens is 386 g/mol. The number of esters is 1. The average molecular weight is 399 g/mol. The van der Waals surface area contributed by atoms with Gasteiger partial charge in [0.05, 0.1) is 11.6 Å². The monoisotopic (exact) mass is 398 g/mol. The molecule has 0 aliphatic rings. The van der Waals surface area contributed by atoms with Gasteiger partial charge < -0.3 is 14.2 Å². The highest BCUT2D eigenvalue weighted by molar-refractivity contribution is 9.10. The number of carbonyl (C=O) groups is 1. The van der Waals surface area contributed by atoms with Crippen LogP contribution >= 0.6 is 15.9 Å². The van der Waals surface area contributed by atoms with Crippen molar-refractivity contribution in [1.29, 1.82) is 0 Å². The smallest absolute Gasteiger partial charge is 0.387 e. The van der Waals surface area contributed by atoms with Gasteiger partial charge in [0.25, 0.3) is 0 Å². The molecule has 2 aromatic rings. The van der Waals surface area contributed by atoms with E-state index in [2.05, 4.69) is 20.7 Å². The summed E-state index contributed by atoms with van der Waals surface area (Å²) in [4.78, 5) is 11.9. The van der Waals surface area contributed by atoms with Crippen LogP contribution in [0.2, 0.25) is 0 Å². The highest BCUT2D eigenvalue weighted by Gasteiger charge is 2.14.